The SMILES string of the molecule is CCS[C@@H]1C[C@@H](OCc2ccccc2)[C@@H](OCc2ccccc2)[C@@H](COCc2ccccc2)O1. The van der Waals surface area contributed by atoms with E-state index in [0.29, 0.717) is 26.4 Å². The fraction of sp³-hybridized carbons (Fsp3) is 0.379. The van der Waals surface area contributed by atoms with Crippen molar-refractivity contribution in [3.63, 3.8) is 0 Å². The van der Waals surface area contributed by atoms with Crippen LogP contribution in [0.15, 0.2) is 91.0 Å². The molecule has 0 unspecified atom stereocenters. The van der Waals surface area contributed by atoms with Crippen molar-refractivity contribution in [2.24, 2.45) is 0 Å². The monoisotopic (exact) mass is 478 g/mol. The molecule has 34 heavy (non-hydrogen) atoms. The van der Waals surface area contributed by atoms with Gasteiger partial charge < -0.3 is 18.9 Å². The molecule has 1 heterocycles. The first-order valence-corrected chi connectivity index (χ1v) is 13.1. The molecule has 4 atom stereocenters. The minimum Gasteiger partial charge on any atom is -0.374 e. The van der Waals surface area contributed by atoms with E-state index in [1.165, 1.54) is 0 Å². The molecule has 4 nitrogen and oxygen atoms in total. The zero-order valence-corrected chi connectivity index (χ0v) is 20.6. The van der Waals surface area contributed by atoms with E-state index in [1.807, 2.05) is 66.4 Å². The summed E-state index contributed by atoms with van der Waals surface area (Å²) in [6.07, 6.45) is 0.298. The molecule has 1 saturated heterocycles. The van der Waals surface area contributed by atoms with Crippen molar-refractivity contribution in [3.8, 4) is 0 Å². The Hall–Kier alpha value is -2.15. The largest absolute Gasteiger partial charge is 0.374 e. The van der Waals surface area contributed by atoms with Gasteiger partial charge in [-0.25, -0.2) is 0 Å². The predicted molar refractivity (Wildman–Crippen MR) is 138 cm³/mol. The second-order valence-electron chi connectivity index (χ2n) is 8.39. The highest BCUT2D eigenvalue weighted by Gasteiger charge is 2.40. The van der Waals surface area contributed by atoms with E-state index in [0.717, 1.165) is 28.9 Å². The average Bonchev–Trinajstić information content (AvgIpc) is 2.89. The van der Waals surface area contributed by atoms with Gasteiger partial charge in [-0.3, -0.25) is 0 Å². The van der Waals surface area contributed by atoms with Gasteiger partial charge in [0.1, 0.15) is 17.6 Å². The quantitative estimate of drug-likeness (QED) is 0.308. The first-order valence-electron chi connectivity index (χ1n) is 12.0. The van der Waals surface area contributed by atoms with Crippen LogP contribution in [0.2, 0.25) is 0 Å². The summed E-state index contributed by atoms with van der Waals surface area (Å²) in [6.45, 7) is 4.24. The van der Waals surface area contributed by atoms with Crippen molar-refractivity contribution in [2.45, 2.75) is 56.9 Å². The summed E-state index contributed by atoms with van der Waals surface area (Å²) in [5.74, 6) is 0.989. The Morgan fingerprint density at radius 3 is 1.82 bits per heavy atom. The van der Waals surface area contributed by atoms with Crippen molar-refractivity contribution in [2.75, 3.05) is 12.4 Å². The average molecular weight is 479 g/mol. The van der Waals surface area contributed by atoms with Crippen molar-refractivity contribution < 1.29 is 18.9 Å². The van der Waals surface area contributed by atoms with Gasteiger partial charge in [0.2, 0.25) is 0 Å². The summed E-state index contributed by atoms with van der Waals surface area (Å²) >= 11 is 1.81. The molecule has 0 radical (unpaired) electrons. The van der Waals surface area contributed by atoms with Crippen molar-refractivity contribution in [3.05, 3.63) is 108 Å². The Bertz CT molecular complexity index is 938. The third-order valence-electron chi connectivity index (χ3n) is 5.82. The third-order valence-corrected chi connectivity index (χ3v) is 6.83. The molecule has 5 heteroatoms. The summed E-state index contributed by atoms with van der Waals surface area (Å²) in [5, 5.41) is 0. The molecule has 0 saturated carbocycles. The molecule has 0 spiro atoms. The highest BCUT2D eigenvalue weighted by molar-refractivity contribution is 7.99. The van der Waals surface area contributed by atoms with Crippen LogP contribution in [-0.2, 0) is 38.8 Å². The maximum atomic E-state index is 6.48. The summed E-state index contributed by atoms with van der Waals surface area (Å²) < 4.78 is 25.5. The first kappa shape index (κ1) is 25.0. The fourth-order valence-electron chi connectivity index (χ4n) is 4.11. The highest BCUT2D eigenvalue weighted by atomic mass is 32.2. The first-order chi connectivity index (χ1) is 16.8. The second kappa shape index (κ2) is 13.7. The summed E-state index contributed by atoms with van der Waals surface area (Å²) in [6, 6.07) is 30.8. The van der Waals surface area contributed by atoms with Crippen LogP contribution in [0.25, 0.3) is 0 Å². The lowest BCUT2D eigenvalue weighted by atomic mass is 10.0. The van der Waals surface area contributed by atoms with Gasteiger partial charge in [-0.2, -0.15) is 0 Å². The van der Waals surface area contributed by atoms with Crippen LogP contribution >= 0.6 is 11.8 Å². The topological polar surface area (TPSA) is 36.9 Å². The fourth-order valence-corrected chi connectivity index (χ4v) is 5.03. The summed E-state index contributed by atoms with van der Waals surface area (Å²) in [4.78, 5) is 0. The van der Waals surface area contributed by atoms with Crippen LogP contribution < -0.4 is 0 Å². The van der Waals surface area contributed by atoms with Gasteiger partial charge in [0.25, 0.3) is 0 Å². The van der Waals surface area contributed by atoms with Gasteiger partial charge in [-0.1, -0.05) is 97.9 Å². The van der Waals surface area contributed by atoms with E-state index in [-0.39, 0.29) is 23.7 Å². The molecule has 3 aromatic rings. The van der Waals surface area contributed by atoms with Crippen LogP contribution in [0.3, 0.4) is 0 Å². The van der Waals surface area contributed by atoms with Gasteiger partial charge >= 0.3 is 0 Å². The molecule has 180 valence electrons. The molecule has 4 rings (SSSR count). The Morgan fingerprint density at radius 1 is 0.735 bits per heavy atom. The van der Waals surface area contributed by atoms with Crippen LogP contribution in [0.5, 0.6) is 0 Å². The lowest BCUT2D eigenvalue weighted by Crippen LogP contribution is -2.51. The zero-order valence-electron chi connectivity index (χ0n) is 19.8. The van der Waals surface area contributed by atoms with E-state index >= 15 is 0 Å². The van der Waals surface area contributed by atoms with Crippen LogP contribution in [0.4, 0.5) is 0 Å². The number of benzene rings is 3. The van der Waals surface area contributed by atoms with Crippen molar-refractivity contribution in [1.82, 2.24) is 0 Å². The second-order valence-corrected chi connectivity index (χ2v) is 9.83. The molecule has 0 N–H and O–H groups in total. The predicted octanol–water partition coefficient (Wildman–Crippen LogP) is 6.24. The van der Waals surface area contributed by atoms with Crippen LogP contribution in [-0.4, -0.2) is 36.1 Å². The molecular formula is C29H34O4S. The maximum absolute atomic E-state index is 6.48. The maximum Gasteiger partial charge on any atom is 0.113 e. The number of thioether (sulfide) groups is 1. The van der Waals surface area contributed by atoms with E-state index < -0.39 is 0 Å². The molecule has 0 aliphatic carbocycles. The zero-order chi connectivity index (χ0) is 23.4. The molecule has 0 amide bonds. The summed E-state index contributed by atoms with van der Waals surface area (Å²) in [7, 11) is 0. The summed E-state index contributed by atoms with van der Waals surface area (Å²) in [5.41, 5.74) is 3.51. The Balaban J connectivity index is 1.46. The number of hydrogen-bond acceptors (Lipinski definition) is 5. The van der Waals surface area contributed by atoms with Crippen molar-refractivity contribution in [1.29, 1.82) is 0 Å². The molecule has 3 aromatic carbocycles. The van der Waals surface area contributed by atoms with E-state index in [2.05, 4.69) is 43.3 Å². The Morgan fingerprint density at radius 2 is 1.26 bits per heavy atom. The van der Waals surface area contributed by atoms with E-state index in [9.17, 15) is 0 Å². The Kier molecular flexibility index (Phi) is 10.0. The number of ether oxygens (including phenoxy) is 4. The molecule has 1 aliphatic heterocycles. The van der Waals surface area contributed by atoms with Crippen LogP contribution in [0.1, 0.15) is 30.0 Å². The number of rotatable bonds is 12. The number of hydrogen-bond donors (Lipinski definition) is 0. The molecule has 1 aliphatic rings. The normalized spacial score (nSPS) is 22.5. The van der Waals surface area contributed by atoms with Crippen LogP contribution in [0, 0.1) is 0 Å². The van der Waals surface area contributed by atoms with Gasteiger partial charge in [0.15, 0.2) is 0 Å². The van der Waals surface area contributed by atoms with Crippen molar-refractivity contribution >= 4 is 11.8 Å². The molecular weight excluding hydrogens is 444 g/mol. The molecule has 1 fully saturated rings. The van der Waals surface area contributed by atoms with Gasteiger partial charge in [0, 0.05) is 6.42 Å². The van der Waals surface area contributed by atoms with Gasteiger partial charge in [-0.05, 0) is 22.4 Å². The van der Waals surface area contributed by atoms with E-state index in [1.54, 1.807) is 0 Å². The molecule has 0 aromatic heterocycles. The van der Waals surface area contributed by atoms with E-state index in [4.69, 9.17) is 18.9 Å². The minimum absolute atomic E-state index is 0.0627. The van der Waals surface area contributed by atoms with Gasteiger partial charge in [-0.15, -0.1) is 11.8 Å². The Labute approximate surface area is 207 Å². The van der Waals surface area contributed by atoms with Gasteiger partial charge in [0.05, 0.1) is 32.5 Å². The molecule has 0 bridgehead atoms. The third kappa shape index (κ3) is 7.69. The standard InChI is InChI=1S/C29H34O4S/c1-2-34-28-18-26(31-20-24-14-8-4-9-15-24)29(32-21-25-16-10-5-11-17-25)27(33-28)22-30-19-23-12-6-3-7-13-23/h3-17,26-29H,2,18-22H2,1H3/t26-,27-,28-,29-/m1/s1. The lowest BCUT2D eigenvalue weighted by molar-refractivity contribution is -0.204. The smallest absolute Gasteiger partial charge is 0.113 e. The highest BCUT2D eigenvalue weighted by Crippen LogP contribution is 2.32. The lowest BCUT2D eigenvalue weighted by Gasteiger charge is -2.41. The minimum atomic E-state index is -0.214.